The number of nitrogens with zero attached hydrogens (tertiary/aromatic N) is 3. The van der Waals surface area contributed by atoms with E-state index in [1.165, 1.54) is 22.1 Å². The van der Waals surface area contributed by atoms with Crippen molar-refractivity contribution in [3.63, 3.8) is 0 Å². The summed E-state index contributed by atoms with van der Waals surface area (Å²) in [5.41, 5.74) is 4.07. The molecule has 1 fully saturated rings. The highest BCUT2D eigenvalue weighted by molar-refractivity contribution is 7.10. The lowest BCUT2D eigenvalue weighted by Gasteiger charge is -2.41. The van der Waals surface area contributed by atoms with Gasteiger partial charge < -0.3 is 9.80 Å². The number of amides is 2. The van der Waals surface area contributed by atoms with Gasteiger partial charge in [0.2, 0.25) is 5.91 Å². The van der Waals surface area contributed by atoms with Crippen molar-refractivity contribution >= 4 is 23.2 Å². The van der Waals surface area contributed by atoms with E-state index in [1.54, 1.807) is 23.5 Å². The van der Waals surface area contributed by atoms with Crippen molar-refractivity contribution in [2.24, 2.45) is 0 Å². The molecule has 2 atom stereocenters. The topological polar surface area (TPSA) is 43.9 Å². The molecular formula is C30H34FN3O2S. The number of aryl methyl sites for hydroxylation is 1. The van der Waals surface area contributed by atoms with E-state index in [2.05, 4.69) is 23.3 Å². The van der Waals surface area contributed by atoms with Gasteiger partial charge in [0.1, 0.15) is 5.82 Å². The van der Waals surface area contributed by atoms with Crippen molar-refractivity contribution in [2.45, 2.75) is 45.2 Å². The van der Waals surface area contributed by atoms with Crippen LogP contribution in [0.3, 0.4) is 0 Å². The molecule has 1 aromatic heterocycles. The Labute approximate surface area is 222 Å². The van der Waals surface area contributed by atoms with Crippen LogP contribution in [0.5, 0.6) is 0 Å². The van der Waals surface area contributed by atoms with Gasteiger partial charge in [-0.1, -0.05) is 31.2 Å². The first-order valence-electron chi connectivity index (χ1n) is 13.2. The first-order valence-corrected chi connectivity index (χ1v) is 14.1. The molecule has 7 heteroatoms. The Morgan fingerprint density at radius 3 is 2.59 bits per heavy atom. The number of fused-ring (bicyclic) bond motifs is 1. The Morgan fingerprint density at radius 2 is 1.86 bits per heavy atom. The van der Waals surface area contributed by atoms with Crippen LogP contribution >= 0.6 is 11.3 Å². The normalized spacial score (nSPS) is 20.1. The number of benzene rings is 2. The van der Waals surface area contributed by atoms with Gasteiger partial charge >= 0.3 is 0 Å². The van der Waals surface area contributed by atoms with E-state index in [1.807, 2.05) is 47.1 Å². The van der Waals surface area contributed by atoms with Crippen LogP contribution in [-0.4, -0.2) is 65.3 Å². The Hall–Kier alpha value is -3.03. The molecule has 0 N–H and O–H groups in total. The summed E-state index contributed by atoms with van der Waals surface area (Å²) in [6.45, 7) is 7.20. The van der Waals surface area contributed by atoms with Crippen molar-refractivity contribution in [3.8, 4) is 0 Å². The maximum Gasteiger partial charge on any atom is 0.254 e. The fourth-order valence-corrected chi connectivity index (χ4v) is 6.51. The summed E-state index contributed by atoms with van der Waals surface area (Å²) >= 11 is 1.75. The third-order valence-corrected chi connectivity index (χ3v) is 8.69. The zero-order valence-corrected chi connectivity index (χ0v) is 22.3. The molecular weight excluding hydrogens is 485 g/mol. The zero-order chi connectivity index (χ0) is 25.9. The van der Waals surface area contributed by atoms with Gasteiger partial charge in [0, 0.05) is 55.6 Å². The quantitative estimate of drug-likeness (QED) is 0.452. The van der Waals surface area contributed by atoms with Gasteiger partial charge in [0.25, 0.3) is 5.91 Å². The lowest BCUT2D eigenvalue weighted by molar-refractivity contribution is -0.134. The molecule has 0 unspecified atom stereocenters. The van der Waals surface area contributed by atoms with Crippen LogP contribution in [0.2, 0.25) is 0 Å². The molecule has 2 aliphatic heterocycles. The zero-order valence-electron chi connectivity index (χ0n) is 21.5. The predicted octanol–water partition coefficient (Wildman–Crippen LogP) is 5.16. The maximum atomic E-state index is 14.1. The average Bonchev–Trinajstić information content (AvgIpc) is 3.40. The van der Waals surface area contributed by atoms with E-state index in [4.69, 9.17) is 0 Å². The van der Waals surface area contributed by atoms with Crippen LogP contribution in [-0.2, 0) is 17.6 Å². The van der Waals surface area contributed by atoms with E-state index in [-0.39, 0.29) is 29.7 Å². The first-order chi connectivity index (χ1) is 17.9. The number of carbonyl (C=O) groups excluding carboxylic acids is 2. The summed E-state index contributed by atoms with van der Waals surface area (Å²) in [6.07, 6.45) is 2.30. The summed E-state index contributed by atoms with van der Waals surface area (Å²) in [7, 11) is 0. The molecule has 194 valence electrons. The number of rotatable bonds is 6. The van der Waals surface area contributed by atoms with Crippen molar-refractivity contribution in [1.29, 1.82) is 0 Å². The van der Waals surface area contributed by atoms with Crippen LogP contribution < -0.4 is 0 Å². The Morgan fingerprint density at radius 1 is 1.05 bits per heavy atom. The molecule has 3 aromatic rings. The molecule has 0 bridgehead atoms. The Balaban J connectivity index is 1.21. The summed E-state index contributed by atoms with van der Waals surface area (Å²) in [5, 5.41) is 2.10. The lowest BCUT2D eigenvalue weighted by atomic mass is 9.93. The molecule has 37 heavy (non-hydrogen) atoms. The summed E-state index contributed by atoms with van der Waals surface area (Å²) in [5.74, 6) is -0.0981. The first kappa shape index (κ1) is 25.6. The smallest absolute Gasteiger partial charge is 0.254 e. The summed E-state index contributed by atoms with van der Waals surface area (Å²) in [6, 6.07) is 16.7. The molecule has 0 spiro atoms. The van der Waals surface area contributed by atoms with E-state index in [9.17, 15) is 14.0 Å². The maximum absolute atomic E-state index is 14.1. The average molecular weight is 520 g/mol. The van der Waals surface area contributed by atoms with Crippen molar-refractivity contribution in [2.75, 3.05) is 32.7 Å². The molecule has 0 saturated carbocycles. The van der Waals surface area contributed by atoms with E-state index in [0.29, 0.717) is 38.2 Å². The van der Waals surface area contributed by atoms with Crippen LogP contribution in [0.4, 0.5) is 4.39 Å². The highest BCUT2D eigenvalue weighted by Gasteiger charge is 2.33. The molecule has 0 aliphatic carbocycles. The van der Waals surface area contributed by atoms with Crippen LogP contribution in [0.15, 0.2) is 60.0 Å². The summed E-state index contributed by atoms with van der Waals surface area (Å²) < 4.78 is 14.1. The van der Waals surface area contributed by atoms with Gasteiger partial charge in [0.15, 0.2) is 0 Å². The second kappa shape index (κ2) is 11.2. The fraction of sp³-hybridized carbons (Fsp3) is 0.400. The summed E-state index contributed by atoms with van der Waals surface area (Å²) in [4.78, 5) is 33.7. The molecule has 1 saturated heterocycles. The minimum atomic E-state index is -0.237. The minimum Gasteiger partial charge on any atom is -0.339 e. The molecule has 2 amide bonds. The highest BCUT2D eigenvalue weighted by atomic mass is 32.1. The van der Waals surface area contributed by atoms with E-state index >= 15 is 0 Å². The van der Waals surface area contributed by atoms with Gasteiger partial charge in [-0.15, -0.1) is 11.3 Å². The minimum absolute atomic E-state index is 0.0278. The van der Waals surface area contributed by atoms with Gasteiger partial charge in [-0.05, 0) is 72.2 Å². The van der Waals surface area contributed by atoms with Crippen LogP contribution in [0.1, 0.15) is 58.2 Å². The van der Waals surface area contributed by atoms with E-state index < -0.39 is 0 Å². The number of halogens is 1. The largest absolute Gasteiger partial charge is 0.339 e. The number of hydrogen-bond donors (Lipinski definition) is 0. The Bertz CT molecular complexity index is 1260. The van der Waals surface area contributed by atoms with E-state index in [0.717, 1.165) is 24.9 Å². The van der Waals surface area contributed by atoms with Crippen molar-refractivity contribution < 1.29 is 14.0 Å². The molecule has 5 rings (SSSR count). The van der Waals surface area contributed by atoms with Crippen molar-refractivity contribution in [1.82, 2.24) is 14.7 Å². The third-order valence-electron chi connectivity index (χ3n) is 7.69. The standard InChI is InChI=1S/C30H34FN3O2S/c1-3-22-7-9-23(10-8-22)30(36)34-17-16-33(20-21(34)2)28(35)12-15-32-14-11-27-26(13-18-37-27)29(32)24-5-4-6-25(31)19-24/h4-10,13,18-19,21,29H,3,11-12,14-17,20H2,1-2H3/t21-,29-/m0/s1. The van der Waals surface area contributed by atoms with Gasteiger partial charge in [-0.2, -0.15) is 0 Å². The van der Waals surface area contributed by atoms with Gasteiger partial charge in [-0.3, -0.25) is 14.5 Å². The van der Waals surface area contributed by atoms with Crippen LogP contribution in [0, 0.1) is 5.82 Å². The second-order valence-corrected chi connectivity index (χ2v) is 11.0. The molecule has 2 aromatic carbocycles. The lowest BCUT2D eigenvalue weighted by Crippen LogP contribution is -2.55. The molecule has 5 nitrogen and oxygen atoms in total. The SMILES string of the molecule is CCc1ccc(C(=O)N2CCN(C(=O)CCN3CCc4sccc4[C@@H]3c3cccc(F)c3)C[C@@H]2C)cc1. The second-order valence-electron chi connectivity index (χ2n) is 10.0. The van der Waals surface area contributed by atoms with Gasteiger partial charge in [0.05, 0.1) is 6.04 Å². The monoisotopic (exact) mass is 519 g/mol. The highest BCUT2D eigenvalue weighted by Crippen LogP contribution is 2.38. The van der Waals surface area contributed by atoms with Gasteiger partial charge in [-0.25, -0.2) is 4.39 Å². The number of piperazine rings is 1. The third kappa shape index (κ3) is 5.48. The molecule has 3 heterocycles. The fourth-order valence-electron chi connectivity index (χ4n) is 5.61. The van der Waals surface area contributed by atoms with Crippen LogP contribution in [0.25, 0.3) is 0 Å². The number of carbonyl (C=O) groups is 2. The number of thiophene rings is 1. The molecule has 0 radical (unpaired) electrons. The molecule has 2 aliphatic rings. The number of hydrogen-bond acceptors (Lipinski definition) is 4. The Kier molecular flexibility index (Phi) is 7.72. The van der Waals surface area contributed by atoms with Crippen molar-refractivity contribution in [3.05, 3.63) is 92.9 Å². The predicted molar refractivity (Wildman–Crippen MR) is 145 cm³/mol.